The predicted octanol–water partition coefficient (Wildman–Crippen LogP) is 3.85. The highest BCUT2D eigenvalue weighted by Crippen LogP contribution is 2.36. The van der Waals surface area contributed by atoms with Gasteiger partial charge in [0, 0.05) is 18.2 Å². The molecular formula is C18H30N2O. The Labute approximate surface area is 129 Å². The Morgan fingerprint density at radius 2 is 2.05 bits per heavy atom. The summed E-state index contributed by atoms with van der Waals surface area (Å²) in [5.41, 5.74) is 1.32. The molecule has 1 unspecified atom stereocenters. The maximum Gasteiger partial charge on any atom is 0.118 e. The summed E-state index contributed by atoms with van der Waals surface area (Å²) in [4.78, 5) is 2.69. The molecule has 0 aromatic carbocycles. The summed E-state index contributed by atoms with van der Waals surface area (Å²) in [5.74, 6) is 3.19. The van der Waals surface area contributed by atoms with Crippen molar-refractivity contribution in [2.75, 3.05) is 13.1 Å². The molecule has 118 valence electrons. The van der Waals surface area contributed by atoms with Crippen molar-refractivity contribution in [1.29, 1.82) is 0 Å². The molecule has 0 amide bonds. The van der Waals surface area contributed by atoms with Crippen LogP contribution in [0.15, 0.2) is 10.5 Å². The standard InChI is InChI=1S/C18H30N2O/c1-3-19-12-16-11-17(21-14(16)2)13-20-10-6-9-18(20)15-7-4-5-8-15/h11,15,18-19H,3-10,12-13H2,1-2H3. The van der Waals surface area contributed by atoms with E-state index in [4.69, 9.17) is 4.42 Å². The molecule has 2 fully saturated rings. The lowest BCUT2D eigenvalue weighted by Crippen LogP contribution is -2.34. The van der Waals surface area contributed by atoms with Crippen LogP contribution in [0.25, 0.3) is 0 Å². The number of aryl methyl sites for hydroxylation is 1. The molecule has 3 heteroatoms. The van der Waals surface area contributed by atoms with Crippen molar-refractivity contribution in [3.8, 4) is 0 Å². The monoisotopic (exact) mass is 290 g/mol. The average molecular weight is 290 g/mol. The van der Waals surface area contributed by atoms with E-state index in [2.05, 4.69) is 30.1 Å². The van der Waals surface area contributed by atoms with Gasteiger partial charge in [0.05, 0.1) is 6.54 Å². The van der Waals surface area contributed by atoms with Crippen LogP contribution < -0.4 is 5.32 Å². The molecule has 1 saturated heterocycles. The molecule has 2 aliphatic rings. The molecular weight excluding hydrogens is 260 g/mol. The van der Waals surface area contributed by atoms with E-state index in [1.807, 2.05) is 0 Å². The van der Waals surface area contributed by atoms with Gasteiger partial charge in [-0.15, -0.1) is 0 Å². The quantitative estimate of drug-likeness (QED) is 0.862. The summed E-state index contributed by atoms with van der Waals surface area (Å²) >= 11 is 0. The third-order valence-corrected chi connectivity index (χ3v) is 5.35. The Bertz CT molecular complexity index is 448. The molecule has 2 heterocycles. The van der Waals surface area contributed by atoms with E-state index in [0.717, 1.165) is 43.1 Å². The molecule has 1 N–H and O–H groups in total. The third-order valence-electron chi connectivity index (χ3n) is 5.35. The minimum absolute atomic E-state index is 0.815. The fourth-order valence-electron chi connectivity index (χ4n) is 4.23. The molecule has 1 aliphatic heterocycles. The molecule has 0 bridgehead atoms. The molecule has 0 radical (unpaired) electrons. The highest BCUT2D eigenvalue weighted by molar-refractivity contribution is 5.20. The fraction of sp³-hybridized carbons (Fsp3) is 0.778. The van der Waals surface area contributed by atoms with Gasteiger partial charge >= 0.3 is 0 Å². The molecule has 21 heavy (non-hydrogen) atoms. The smallest absolute Gasteiger partial charge is 0.118 e. The summed E-state index contributed by atoms with van der Waals surface area (Å²) in [7, 11) is 0. The van der Waals surface area contributed by atoms with Gasteiger partial charge in [0.2, 0.25) is 0 Å². The minimum Gasteiger partial charge on any atom is -0.465 e. The lowest BCUT2D eigenvalue weighted by atomic mass is 9.96. The van der Waals surface area contributed by atoms with Crippen molar-refractivity contribution in [2.45, 2.75) is 71.5 Å². The first kappa shape index (κ1) is 15.1. The van der Waals surface area contributed by atoms with E-state index < -0.39 is 0 Å². The van der Waals surface area contributed by atoms with E-state index in [-0.39, 0.29) is 0 Å². The summed E-state index contributed by atoms with van der Waals surface area (Å²) in [5, 5.41) is 3.39. The van der Waals surface area contributed by atoms with E-state index in [0.29, 0.717) is 0 Å². The van der Waals surface area contributed by atoms with Crippen molar-refractivity contribution in [1.82, 2.24) is 10.2 Å². The predicted molar refractivity (Wildman–Crippen MR) is 86.2 cm³/mol. The number of hydrogen-bond acceptors (Lipinski definition) is 3. The zero-order chi connectivity index (χ0) is 14.7. The highest BCUT2D eigenvalue weighted by atomic mass is 16.3. The van der Waals surface area contributed by atoms with Gasteiger partial charge in [0.15, 0.2) is 0 Å². The SMILES string of the molecule is CCNCc1cc(CN2CCCC2C2CCCC2)oc1C. The molecule has 0 spiro atoms. The number of likely N-dealkylation sites (tertiary alicyclic amines) is 1. The second kappa shape index (κ2) is 6.97. The average Bonchev–Trinajstić information content (AvgIpc) is 3.18. The normalized spacial score (nSPS) is 24.2. The Morgan fingerprint density at radius 3 is 2.81 bits per heavy atom. The molecule has 3 rings (SSSR count). The molecule has 3 nitrogen and oxygen atoms in total. The van der Waals surface area contributed by atoms with Crippen LogP contribution in [-0.2, 0) is 13.1 Å². The fourth-order valence-corrected chi connectivity index (χ4v) is 4.23. The van der Waals surface area contributed by atoms with E-state index >= 15 is 0 Å². The van der Waals surface area contributed by atoms with Crippen molar-refractivity contribution in [3.05, 3.63) is 23.2 Å². The van der Waals surface area contributed by atoms with Gasteiger partial charge in [0.25, 0.3) is 0 Å². The Hall–Kier alpha value is -0.800. The van der Waals surface area contributed by atoms with Crippen LogP contribution >= 0.6 is 0 Å². The van der Waals surface area contributed by atoms with Gasteiger partial charge in [-0.2, -0.15) is 0 Å². The number of furan rings is 1. The van der Waals surface area contributed by atoms with Crippen molar-refractivity contribution in [3.63, 3.8) is 0 Å². The Kier molecular flexibility index (Phi) is 5.02. The van der Waals surface area contributed by atoms with Crippen LogP contribution in [-0.4, -0.2) is 24.0 Å². The molecule has 1 aromatic rings. The van der Waals surface area contributed by atoms with E-state index in [1.165, 1.54) is 50.6 Å². The summed E-state index contributed by atoms with van der Waals surface area (Å²) in [6.45, 7) is 8.44. The number of nitrogens with zero attached hydrogens (tertiary/aromatic N) is 1. The number of hydrogen-bond donors (Lipinski definition) is 1. The van der Waals surface area contributed by atoms with Crippen molar-refractivity contribution < 1.29 is 4.42 Å². The molecule has 1 saturated carbocycles. The number of nitrogens with one attached hydrogen (secondary N) is 1. The second-order valence-electron chi connectivity index (χ2n) is 6.80. The first-order chi connectivity index (χ1) is 10.3. The summed E-state index contributed by atoms with van der Waals surface area (Å²) in [6.07, 6.45) is 8.55. The maximum atomic E-state index is 6.00. The first-order valence-electron chi connectivity index (χ1n) is 8.81. The van der Waals surface area contributed by atoms with Crippen molar-refractivity contribution >= 4 is 0 Å². The first-order valence-corrected chi connectivity index (χ1v) is 8.81. The largest absolute Gasteiger partial charge is 0.465 e. The lowest BCUT2D eigenvalue weighted by molar-refractivity contribution is 0.170. The van der Waals surface area contributed by atoms with Crippen LogP contribution in [0.5, 0.6) is 0 Å². The lowest BCUT2D eigenvalue weighted by Gasteiger charge is -2.28. The van der Waals surface area contributed by atoms with Gasteiger partial charge < -0.3 is 9.73 Å². The second-order valence-corrected chi connectivity index (χ2v) is 6.80. The van der Waals surface area contributed by atoms with Crippen LogP contribution in [0.1, 0.15) is 62.5 Å². The molecule has 1 aromatic heterocycles. The molecule has 1 atom stereocenters. The highest BCUT2D eigenvalue weighted by Gasteiger charge is 2.33. The maximum absolute atomic E-state index is 6.00. The Balaban J connectivity index is 1.62. The van der Waals surface area contributed by atoms with E-state index in [1.54, 1.807) is 0 Å². The Morgan fingerprint density at radius 1 is 1.24 bits per heavy atom. The summed E-state index contributed by atoms with van der Waals surface area (Å²) in [6, 6.07) is 3.08. The van der Waals surface area contributed by atoms with Crippen LogP contribution in [0.3, 0.4) is 0 Å². The van der Waals surface area contributed by atoms with Gasteiger partial charge in [-0.1, -0.05) is 19.8 Å². The van der Waals surface area contributed by atoms with Crippen LogP contribution in [0.2, 0.25) is 0 Å². The van der Waals surface area contributed by atoms with Crippen LogP contribution in [0, 0.1) is 12.8 Å². The zero-order valence-electron chi connectivity index (χ0n) is 13.7. The van der Waals surface area contributed by atoms with Crippen LogP contribution in [0.4, 0.5) is 0 Å². The zero-order valence-corrected chi connectivity index (χ0v) is 13.7. The van der Waals surface area contributed by atoms with Gasteiger partial charge in [-0.05, 0) is 57.7 Å². The van der Waals surface area contributed by atoms with Crippen molar-refractivity contribution in [2.24, 2.45) is 5.92 Å². The minimum atomic E-state index is 0.815. The van der Waals surface area contributed by atoms with E-state index in [9.17, 15) is 0 Å². The summed E-state index contributed by atoms with van der Waals surface area (Å²) < 4.78 is 6.00. The topological polar surface area (TPSA) is 28.4 Å². The third kappa shape index (κ3) is 3.51. The van der Waals surface area contributed by atoms with Gasteiger partial charge in [-0.3, -0.25) is 4.90 Å². The number of rotatable bonds is 6. The molecule has 1 aliphatic carbocycles. The van der Waals surface area contributed by atoms with Gasteiger partial charge in [-0.25, -0.2) is 0 Å². The van der Waals surface area contributed by atoms with Gasteiger partial charge in [0.1, 0.15) is 11.5 Å².